The van der Waals surface area contributed by atoms with E-state index in [1.165, 1.54) is 28.5 Å². The van der Waals surface area contributed by atoms with Crippen LogP contribution in [0.25, 0.3) is 0 Å². The standard InChI is InChI=1S/C20H29N5O2S/c1-5-25-19(24-8-10-27-11-9-24)21-22-20(25)28-14-18(26)23(4)13-17-7-6-15(2)12-16(17)3/h6-7,12H,5,8-11,13-14H2,1-4H3. The Morgan fingerprint density at radius 3 is 2.68 bits per heavy atom. The van der Waals surface area contributed by atoms with Gasteiger partial charge in [0.1, 0.15) is 0 Å². The normalized spacial score (nSPS) is 14.4. The molecule has 2 aromatic rings. The summed E-state index contributed by atoms with van der Waals surface area (Å²) in [5.41, 5.74) is 3.63. The number of carbonyl (C=O) groups excluding carboxylic acids is 1. The second-order valence-corrected chi connectivity index (χ2v) is 8.04. The number of aromatic nitrogens is 3. The molecule has 1 amide bonds. The lowest BCUT2D eigenvalue weighted by molar-refractivity contribution is -0.127. The molecule has 28 heavy (non-hydrogen) atoms. The van der Waals surface area contributed by atoms with Crippen LogP contribution in [0, 0.1) is 13.8 Å². The second-order valence-electron chi connectivity index (χ2n) is 7.09. The minimum Gasteiger partial charge on any atom is -0.378 e. The number of benzene rings is 1. The molecule has 1 aromatic heterocycles. The van der Waals surface area contributed by atoms with Gasteiger partial charge >= 0.3 is 0 Å². The Labute approximate surface area is 171 Å². The van der Waals surface area contributed by atoms with Gasteiger partial charge in [0.25, 0.3) is 0 Å². The molecule has 0 spiro atoms. The van der Waals surface area contributed by atoms with Gasteiger partial charge in [-0.3, -0.25) is 9.36 Å². The number of rotatable bonds is 7. The van der Waals surface area contributed by atoms with E-state index in [4.69, 9.17) is 4.74 Å². The molecule has 1 aliphatic heterocycles. The first-order valence-corrected chi connectivity index (χ1v) is 10.7. The van der Waals surface area contributed by atoms with Crippen molar-refractivity contribution in [3.8, 4) is 0 Å². The topological polar surface area (TPSA) is 63.5 Å². The average Bonchev–Trinajstić information content (AvgIpc) is 3.11. The van der Waals surface area contributed by atoms with Gasteiger partial charge < -0.3 is 14.5 Å². The van der Waals surface area contributed by atoms with Crippen molar-refractivity contribution in [3.63, 3.8) is 0 Å². The Morgan fingerprint density at radius 1 is 1.25 bits per heavy atom. The molecule has 0 saturated carbocycles. The van der Waals surface area contributed by atoms with Crippen molar-refractivity contribution in [1.82, 2.24) is 19.7 Å². The Hall–Kier alpha value is -2.06. The number of aryl methyl sites for hydroxylation is 2. The van der Waals surface area contributed by atoms with E-state index in [2.05, 4.69) is 58.6 Å². The Morgan fingerprint density at radius 2 is 2.00 bits per heavy atom. The molecule has 1 saturated heterocycles. The fraction of sp³-hybridized carbons (Fsp3) is 0.550. The maximum atomic E-state index is 12.6. The molecule has 2 heterocycles. The Kier molecular flexibility index (Phi) is 6.96. The molecule has 152 valence electrons. The van der Waals surface area contributed by atoms with Gasteiger partial charge in [-0.15, -0.1) is 10.2 Å². The molecule has 0 bridgehead atoms. The van der Waals surface area contributed by atoms with Crippen LogP contribution in [0.15, 0.2) is 23.4 Å². The zero-order valence-electron chi connectivity index (χ0n) is 17.1. The lowest BCUT2D eigenvalue weighted by Gasteiger charge is -2.27. The van der Waals surface area contributed by atoms with Gasteiger partial charge in [-0.05, 0) is 31.9 Å². The van der Waals surface area contributed by atoms with Crippen LogP contribution >= 0.6 is 11.8 Å². The highest BCUT2D eigenvalue weighted by molar-refractivity contribution is 7.99. The van der Waals surface area contributed by atoms with Gasteiger partial charge in [0, 0.05) is 33.2 Å². The first-order chi connectivity index (χ1) is 13.5. The summed E-state index contributed by atoms with van der Waals surface area (Å²) < 4.78 is 7.49. The summed E-state index contributed by atoms with van der Waals surface area (Å²) >= 11 is 1.45. The summed E-state index contributed by atoms with van der Waals surface area (Å²) in [5.74, 6) is 1.30. The van der Waals surface area contributed by atoms with Gasteiger partial charge in [-0.25, -0.2) is 0 Å². The van der Waals surface area contributed by atoms with Crippen LogP contribution < -0.4 is 4.90 Å². The lowest BCUT2D eigenvalue weighted by atomic mass is 10.1. The van der Waals surface area contributed by atoms with Crippen molar-refractivity contribution >= 4 is 23.6 Å². The molecule has 1 aliphatic rings. The minimum absolute atomic E-state index is 0.0866. The molecular weight excluding hydrogens is 374 g/mol. The summed E-state index contributed by atoms with van der Waals surface area (Å²) in [5, 5.41) is 9.47. The third kappa shape index (κ3) is 4.86. The van der Waals surface area contributed by atoms with Crippen molar-refractivity contribution in [2.75, 3.05) is 44.0 Å². The van der Waals surface area contributed by atoms with Gasteiger partial charge in [0.05, 0.1) is 19.0 Å². The minimum atomic E-state index is 0.0866. The molecule has 0 unspecified atom stereocenters. The van der Waals surface area contributed by atoms with Gasteiger partial charge in [0.2, 0.25) is 11.9 Å². The largest absolute Gasteiger partial charge is 0.378 e. The van der Waals surface area contributed by atoms with Crippen molar-refractivity contribution in [1.29, 1.82) is 0 Å². The molecule has 0 aliphatic carbocycles. The zero-order valence-corrected chi connectivity index (χ0v) is 18.0. The van der Waals surface area contributed by atoms with E-state index in [0.717, 1.165) is 30.7 Å². The number of nitrogens with zero attached hydrogens (tertiary/aromatic N) is 5. The number of amides is 1. The SMILES string of the molecule is CCn1c(SCC(=O)N(C)Cc2ccc(C)cc2C)nnc1N1CCOCC1. The molecule has 0 radical (unpaired) electrons. The van der Waals surface area contributed by atoms with Gasteiger partial charge in [-0.1, -0.05) is 35.5 Å². The quantitative estimate of drug-likeness (QED) is 0.662. The molecule has 7 nitrogen and oxygen atoms in total. The molecule has 0 atom stereocenters. The summed E-state index contributed by atoms with van der Waals surface area (Å²) in [7, 11) is 1.85. The van der Waals surface area contributed by atoms with Crippen molar-refractivity contribution in [2.24, 2.45) is 0 Å². The maximum absolute atomic E-state index is 12.6. The zero-order chi connectivity index (χ0) is 20.1. The van der Waals surface area contributed by atoms with Crippen molar-refractivity contribution in [3.05, 3.63) is 34.9 Å². The number of anilines is 1. The van der Waals surface area contributed by atoms with E-state index in [0.29, 0.717) is 25.5 Å². The first kappa shape index (κ1) is 20.7. The maximum Gasteiger partial charge on any atom is 0.233 e. The Bertz CT molecular complexity index is 817. The molecule has 1 aromatic carbocycles. The number of hydrogen-bond donors (Lipinski definition) is 0. The third-order valence-corrected chi connectivity index (χ3v) is 5.92. The third-order valence-electron chi connectivity index (χ3n) is 4.96. The monoisotopic (exact) mass is 403 g/mol. The summed E-state index contributed by atoms with van der Waals surface area (Å²) in [4.78, 5) is 16.6. The van der Waals surface area contributed by atoms with Crippen LogP contribution in [0.3, 0.4) is 0 Å². The van der Waals surface area contributed by atoms with Crippen LogP contribution in [0.2, 0.25) is 0 Å². The fourth-order valence-corrected chi connectivity index (χ4v) is 4.20. The van der Waals surface area contributed by atoms with E-state index in [1.807, 2.05) is 7.05 Å². The van der Waals surface area contributed by atoms with Crippen LogP contribution in [0.1, 0.15) is 23.6 Å². The summed E-state index contributed by atoms with van der Waals surface area (Å²) in [6.45, 7) is 10.7. The van der Waals surface area contributed by atoms with Gasteiger partial charge in [-0.2, -0.15) is 0 Å². The smallest absolute Gasteiger partial charge is 0.233 e. The molecule has 1 fully saturated rings. The van der Waals surface area contributed by atoms with Crippen molar-refractivity contribution < 1.29 is 9.53 Å². The van der Waals surface area contributed by atoms with E-state index < -0.39 is 0 Å². The van der Waals surface area contributed by atoms with Crippen LogP contribution in [-0.2, 0) is 22.6 Å². The van der Waals surface area contributed by atoms with E-state index >= 15 is 0 Å². The summed E-state index contributed by atoms with van der Waals surface area (Å²) in [6, 6.07) is 6.34. The fourth-order valence-electron chi connectivity index (χ4n) is 3.27. The van der Waals surface area contributed by atoms with Crippen LogP contribution in [0.4, 0.5) is 5.95 Å². The highest BCUT2D eigenvalue weighted by atomic mass is 32.2. The highest BCUT2D eigenvalue weighted by Gasteiger charge is 2.21. The number of hydrogen-bond acceptors (Lipinski definition) is 6. The average molecular weight is 404 g/mol. The number of carbonyl (C=O) groups is 1. The number of morpholine rings is 1. The number of ether oxygens (including phenoxy) is 1. The molecule has 8 heteroatoms. The second kappa shape index (κ2) is 9.43. The molecular formula is C20H29N5O2S. The lowest BCUT2D eigenvalue weighted by Crippen LogP contribution is -2.38. The highest BCUT2D eigenvalue weighted by Crippen LogP contribution is 2.23. The first-order valence-electron chi connectivity index (χ1n) is 9.68. The van der Waals surface area contributed by atoms with E-state index in [-0.39, 0.29) is 5.91 Å². The van der Waals surface area contributed by atoms with Crippen molar-refractivity contribution in [2.45, 2.75) is 39.0 Å². The number of thioether (sulfide) groups is 1. The summed E-state index contributed by atoms with van der Waals surface area (Å²) in [6.07, 6.45) is 0. The predicted octanol–water partition coefficient (Wildman–Crippen LogP) is 2.50. The molecule has 0 N–H and O–H groups in total. The van der Waals surface area contributed by atoms with Gasteiger partial charge in [0.15, 0.2) is 5.16 Å². The van der Waals surface area contributed by atoms with Crippen LogP contribution in [0.5, 0.6) is 0 Å². The van der Waals surface area contributed by atoms with E-state index in [9.17, 15) is 4.79 Å². The molecule has 3 rings (SSSR count). The van der Waals surface area contributed by atoms with Crippen LogP contribution in [-0.4, -0.2) is 64.7 Å². The van der Waals surface area contributed by atoms with E-state index in [1.54, 1.807) is 4.90 Å². The Balaban J connectivity index is 1.60. The predicted molar refractivity (Wildman–Crippen MR) is 112 cm³/mol.